The number of rotatable bonds is 2. The first-order valence-electron chi connectivity index (χ1n) is 8.23. The number of benzene rings is 2. The van der Waals surface area contributed by atoms with Crippen molar-refractivity contribution in [2.24, 2.45) is 0 Å². The standard InChI is InChI=1S/C19H15N3O2S/c1-22-14-9-8-12(17-20-18(24-21-17)11-6-7-11)10-16(14)25-15-5-3-2-4-13(15)19(22)23/h2-5,8-11H,6-7H2,1H3. The molecule has 25 heavy (non-hydrogen) atoms. The van der Waals surface area contributed by atoms with E-state index in [9.17, 15) is 4.79 Å². The highest BCUT2D eigenvalue weighted by molar-refractivity contribution is 7.99. The Hall–Kier alpha value is -2.60. The van der Waals surface area contributed by atoms with E-state index in [0.29, 0.717) is 11.7 Å². The number of aromatic nitrogens is 2. The topological polar surface area (TPSA) is 59.2 Å². The van der Waals surface area contributed by atoms with Gasteiger partial charge >= 0.3 is 0 Å². The largest absolute Gasteiger partial charge is 0.339 e. The van der Waals surface area contributed by atoms with E-state index in [1.54, 1.807) is 16.7 Å². The zero-order chi connectivity index (χ0) is 17.0. The molecule has 0 bridgehead atoms. The Morgan fingerprint density at radius 1 is 1.16 bits per heavy atom. The SMILES string of the molecule is CN1C(=O)c2ccccc2Sc2cc(-c3noc(C4CC4)n3)ccc21. The van der Waals surface area contributed by atoms with E-state index in [-0.39, 0.29) is 5.91 Å². The molecule has 3 aromatic rings. The van der Waals surface area contributed by atoms with Gasteiger partial charge in [0.25, 0.3) is 5.91 Å². The summed E-state index contributed by atoms with van der Waals surface area (Å²) in [5.74, 6) is 1.78. The molecule has 5 nitrogen and oxygen atoms in total. The monoisotopic (exact) mass is 349 g/mol. The molecule has 1 fully saturated rings. The minimum absolute atomic E-state index is 0.00480. The van der Waals surface area contributed by atoms with Crippen molar-refractivity contribution in [1.82, 2.24) is 10.1 Å². The molecule has 2 aliphatic rings. The lowest BCUT2D eigenvalue weighted by Crippen LogP contribution is -2.25. The summed E-state index contributed by atoms with van der Waals surface area (Å²) in [7, 11) is 1.81. The number of hydrogen-bond acceptors (Lipinski definition) is 5. The Bertz CT molecular complexity index is 994. The van der Waals surface area contributed by atoms with Gasteiger partial charge in [-0.25, -0.2) is 0 Å². The molecule has 1 aliphatic heterocycles. The van der Waals surface area contributed by atoms with E-state index in [2.05, 4.69) is 10.1 Å². The fraction of sp³-hybridized carbons (Fsp3) is 0.211. The highest BCUT2D eigenvalue weighted by Crippen LogP contribution is 2.43. The number of fused-ring (bicyclic) bond motifs is 2. The fourth-order valence-corrected chi connectivity index (χ4v) is 4.15. The van der Waals surface area contributed by atoms with Crippen molar-refractivity contribution in [3.8, 4) is 11.4 Å². The van der Waals surface area contributed by atoms with Crippen LogP contribution in [0.5, 0.6) is 0 Å². The molecule has 1 aliphatic carbocycles. The van der Waals surface area contributed by atoms with Crippen molar-refractivity contribution in [3.63, 3.8) is 0 Å². The van der Waals surface area contributed by atoms with Crippen LogP contribution in [-0.4, -0.2) is 23.1 Å². The normalized spacial score (nSPS) is 16.4. The van der Waals surface area contributed by atoms with Crippen molar-refractivity contribution in [3.05, 3.63) is 53.9 Å². The maximum Gasteiger partial charge on any atom is 0.259 e. The molecule has 1 saturated carbocycles. The predicted molar refractivity (Wildman–Crippen MR) is 95.0 cm³/mol. The number of nitrogens with zero attached hydrogens (tertiary/aromatic N) is 3. The smallest absolute Gasteiger partial charge is 0.259 e. The quantitative estimate of drug-likeness (QED) is 0.688. The summed E-state index contributed by atoms with van der Waals surface area (Å²) in [6.07, 6.45) is 2.26. The van der Waals surface area contributed by atoms with Gasteiger partial charge in [-0.3, -0.25) is 4.79 Å². The van der Waals surface area contributed by atoms with Gasteiger partial charge in [0.1, 0.15) is 0 Å². The zero-order valence-corrected chi connectivity index (χ0v) is 14.4. The third kappa shape index (κ3) is 2.44. The molecule has 1 aromatic heterocycles. The Labute approximate surface area is 149 Å². The van der Waals surface area contributed by atoms with Crippen LogP contribution in [-0.2, 0) is 0 Å². The van der Waals surface area contributed by atoms with Crippen LogP contribution in [0.3, 0.4) is 0 Å². The second kappa shape index (κ2) is 5.46. The van der Waals surface area contributed by atoms with Crippen LogP contribution in [0.1, 0.15) is 35.0 Å². The molecule has 0 saturated heterocycles. The van der Waals surface area contributed by atoms with Gasteiger partial charge in [0, 0.05) is 28.3 Å². The first-order chi connectivity index (χ1) is 12.2. The van der Waals surface area contributed by atoms with Crippen molar-refractivity contribution in [1.29, 1.82) is 0 Å². The van der Waals surface area contributed by atoms with Gasteiger partial charge in [-0.15, -0.1) is 0 Å². The van der Waals surface area contributed by atoms with Crippen LogP contribution >= 0.6 is 11.8 Å². The summed E-state index contributed by atoms with van der Waals surface area (Å²) >= 11 is 1.60. The summed E-state index contributed by atoms with van der Waals surface area (Å²) in [4.78, 5) is 20.9. The first kappa shape index (κ1) is 14.7. The minimum Gasteiger partial charge on any atom is -0.339 e. The van der Waals surface area contributed by atoms with Crippen LogP contribution < -0.4 is 4.90 Å². The number of carbonyl (C=O) groups is 1. The summed E-state index contributed by atoms with van der Waals surface area (Å²) in [5.41, 5.74) is 2.52. The van der Waals surface area contributed by atoms with E-state index >= 15 is 0 Å². The average Bonchev–Trinajstić information content (AvgIpc) is 3.39. The van der Waals surface area contributed by atoms with E-state index < -0.39 is 0 Å². The average molecular weight is 349 g/mol. The van der Waals surface area contributed by atoms with E-state index in [1.807, 2.05) is 49.5 Å². The Balaban J connectivity index is 1.59. The summed E-state index contributed by atoms with van der Waals surface area (Å²) in [6.45, 7) is 0. The lowest BCUT2D eigenvalue weighted by Gasteiger charge is -2.17. The number of hydrogen-bond donors (Lipinski definition) is 0. The second-order valence-electron chi connectivity index (χ2n) is 6.38. The Morgan fingerprint density at radius 3 is 2.84 bits per heavy atom. The second-order valence-corrected chi connectivity index (χ2v) is 7.46. The third-order valence-corrected chi connectivity index (χ3v) is 5.71. The molecule has 0 spiro atoms. The molecule has 124 valence electrons. The molecule has 5 rings (SSSR count). The molecular formula is C19H15N3O2S. The van der Waals surface area contributed by atoms with Crippen LogP contribution in [0.25, 0.3) is 11.4 Å². The van der Waals surface area contributed by atoms with Gasteiger partial charge in [0.05, 0.1) is 11.3 Å². The molecule has 0 radical (unpaired) electrons. The summed E-state index contributed by atoms with van der Waals surface area (Å²) in [6, 6.07) is 13.6. The predicted octanol–water partition coefficient (Wildman–Crippen LogP) is 4.36. The van der Waals surface area contributed by atoms with Gasteiger partial charge in [-0.2, -0.15) is 4.98 Å². The molecule has 6 heteroatoms. The van der Waals surface area contributed by atoms with Crippen LogP contribution in [0, 0.1) is 0 Å². The van der Waals surface area contributed by atoms with Gasteiger partial charge in [0.2, 0.25) is 11.7 Å². The molecule has 0 unspecified atom stereocenters. The van der Waals surface area contributed by atoms with Crippen molar-refractivity contribution < 1.29 is 9.32 Å². The van der Waals surface area contributed by atoms with Crippen LogP contribution in [0.15, 0.2) is 56.8 Å². The number of amides is 1. The lowest BCUT2D eigenvalue weighted by atomic mass is 10.1. The van der Waals surface area contributed by atoms with E-state index in [0.717, 1.165) is 45.3 Å². The molecule has 2 aromatic carbocycles. The Kier molecular flexibility index (Phi) is 3.21. The van der Waals surface area contributed by atoms with E-state index in [1.165, 1.54) is 0 Å². The summed E-state index contributed by atoms with van der Waals surface area (Å²) in [5, 5.41) is 4.12. The number of carbonyl (C=O) groups excluding carboxylic acids is 1. The zero-order valence-electron chi connectivity index (χ0n) is 13.6. The Morgan fingerprint density at radius 2 is 2.00 bits per heavy atom. The molecule has 2 heterocycles. The lowest BCUT2D eigenvalue weighted by molar-refractivity contribution is 0.0990. The number of anilines is 1. The van der Waals surface area contributed by atoms with E-state index in [4.69, 9.17) is 4.52 Å². The molecule has 0 atom stereocenters. The highest BCUT2D eigenvalue weighted by atomic mass is 32.2. The fourth-order valence-electron chi connectivity index (χ4n) is 3.00. The first-order valence-corrected chi connectivity index (χ1v) is 9.05. The van der Waals surface area contributed by atoms with Gasteiger partial charge < -0.3 is 9.42 Å². The maximum atomic E-state index is 12.7. The van der Waals surface area contributed by atoms with Gasteiger partial charge in [0.15, 0.2) is 0 Å². The minimum atomic E-state index is 0.00480. The van der Waals surface area contributed by atoms with Crippen molar-refractivity contribution >= 4 is 23.4 Å². The molecule has 1 amide bonds. The van der Waals surface area contributed by atoms with Crippen LogP contribution in [0.4, 0.5) is 5.69 Å². The summed E-state index contributed by atoms with van der Waals surface area (Å²) < 4.78 is 5.37. The van der Waals surface area contributed by atoms with Crippen molar-refractivity contribution in [2.45, 2.75) is 28.6 Å². The third-order valence-electron chi connectivity index (χ3n) is 4.59. The molecule has 0 N–H and O–H groups in total. The van der Waals surface area contributed by atoms with Gasteiger partial charge in [-0.05, 0) is 43.2 Å². The van der Waals surface area contributed by atoms with Gasteiger partial charge in [-0.1, -0.05) is 29.1 Å². The highest BCUT2D eigenvalue weighted by Gasteiger charge is 2.30. The van der Waals surface area contributed by atoms with Crippen molar-refractivity contribution in [2.75, 3.05) is 11.9 Å². The molecular weight excluding hydrogens is 334 g/mol. The van der Waals surface area contributed by atoms with Crippen LogP contribution in [0.2, 0.25) is 0 Å². The maximum absolute atomic E-state index is 12.7.